The van der Waals surface area contributed by atoms with E-state index in [1.54, 1.807) is 0 Å². The molecule has 5 N–H and O–H groups in total. The van der Waals surface area contributed by atoms with Gasteiger partial charge in [-0.15, -0.1) is 11.3 Å². The zero-order chi connectivity index (χ0) is 22.4. The van der Waals surface area contributed by atoms with E-state index in [1.807, 2.05) is 45.0 Å². The van der Waals surface area contributed by atoms with Crippen LogP contribution in [0.4, 0.5) is 11.8 Å². The smallest absolute Gasteiger partial charge is 0.226 e. The SMILES string of the molecule is CC(C)(C)Nc1nc(Cl)c(-c2nc3ccccc3s2)c(NC2(O)CCC(CO)C2O)n1. The number of para-hydroxylation sites is 1. The van der Waals surface area contributed by atoms with Crippen molar-refractivity contribution in [2.75, 3.05) is 17.2 Å². The van der Waals surface area contributed by atoms with Crippen LogP contribution in [0.15, 0.2) is 24.3 Å². The molecule has 166 valence electrons. The molecular formula is C21H26ClN5O3S. The zero-order valence-electron chi connectivity index (χ0n) is 17.6. The fraction of sp³-hybridized carbons (Fsp3) is 0.476. The third-order valence-corrected chi connectivity index (χ3v) is 6.59. The van der Waals surface area contributed by atoms with Crippen molar-refractivity contribution in [1.82, 2.24) is 15.0 Å². The highest BCUT2D eigenvalue weighted by Crippen LogP contribution is 2.42. The van der Waals surface area contributed by atoms with Crippen LogP contribution < -0.4 is 10.6 Å². The highest BCUT2D eigenvalue weighted by Gasteiger charge is 2.47. The molecule has 1 fully saturated rings. The van der Waals surface area contributed by atoms with Crippen LogP contribution in [-0.4, -0.2) is 54.2 Å². The number of fused-ring (bicyclic) bond motifs is 1. The highest BCUT2D eigenvalue weighted by molar-refractivity contribution is 7.21. The number of benzene rings is 1. The monoisotopic (exact) mass is 463 g/mol. The summed E-state index contributed by atoms with van der Waals surface area (Å²) in [6.07, 6.45) is -0.431. The summed E-state index contributed by atoms with van der Waals surface area (Å²) in [6.45, 7) is 5.70. The minimum atomic E-state index is -1.66. The molecule has 0 bridgehead atoms. The van der Waals surface area contributed by atoms with Crippen molar-refractivity contribution in [3.63, 3.8) is 0 Å². The lowest BCUT2D eigenvalue weighted by molar-refractivity contribution is -0.0545. The number of hydrogen-bond acceptors (Lipinski definition) is 9. The number of aromatic nitrogens is 3. The van der Waals surface area contributed by atoms with Crippen molar-refractivity contribution >= 4 is 44.9 Å². The molecule has 0 spiro atoms. The molecule has 1 aromatic carbocycles. The second-order valence-electron chi connectivity index (χ2n) is 8.90. The Kier molecular flexibility index (Phi) is 5.82. The molecule has 2 heterocycles. The maximum atomic E-state index is 11.1. The quantitative estimate of drug-likeness (QED) is 0.288. The molecule has 0 aliphatic heterocycles. The molecule has 0 radical (unpaired) electrons. The molecular weight excluding hydrogens is 438 g/mol. The van der Waals surface area contributed by atoms with Crippen molar-refractivity contribution in [2.24, 2.45) is 5.92 Å². The minimum Gasteiger partial charge on any atom is -0.396 e. The number of anilines is 2. The molecule has 31 heavy (non-hydrogen) atoms. The number of aliphatic hydroxyl groups is 3. The van der Waals surface area contributed by atoms with Gasteiger partial charge >= 0.3 is 0 Å². The number of aliphatic hydroxyl groups excluding tert-OH is 2. The lowest BCUT2D eigenvalue weighted by Gasteiger charge is -2.31. The number of thiazole rings is 1. The predicted octanol–water partition coefficient (Wildman–Crippen LogP) is 3.48. The van der Waals surface area contributed by atoms with Crippen LogP contribution in [0.3, 0.4) is 0 Å². The van der Waals surface area contributed by atoms with Gasteiger partial charge in [0.25, 0.3) is 0 Å². The Labute approximate surface area is 189 Å². The van der Waals surface area contributed by atoms with Crippen molar-refractivity contribution in [1.29, 1.82) is 0 Å². The second-order valence-corrected chi connectivity index (χ2v) is 10.3. The maximum absolute atomic E-state index is 11.1. The van der Waals surface area contributed by atoms with Gasteiger partial charge in [0.2, 0.25) is 5.95 Å². The highest BCUT2D eigenvalue weighted by atomic mass is 35.5. The van der Waals surface area contributed by atoms with Gasteiger partial charge in [-0.1, -0.05) is 23.7 Å². The molecule has 1 aliphatic carbocycles. The largest absolute Gasteiger partial charge is 0.396 e. The average Bonchev–Trinajstić information content (AvgIpc) is 3.21. The van der Waals surface area contributed by atoms with Crippen LogP contribution >= 0.6 is 22.9 Å². The lowest BCUT2D eigenvalue weighted by Crippen LogP contribution is -2.48. The normalized spacial score (nSPS) is 24.0. The summed E-state index contributed by atoms with van der Waals surface area (Å²) >= 11 is 8.04. The topological polar surface area (TPSA) is 123 Å². The summed E-state index contributed by atoms with van der Waals surface area (Å²) in [7, 11) is 0. The molecule has 3 unspecified atom stereocenters. The van der Waals surface area contributed by atoms with Crippen molar-refractivity contribution in [3.05, 3.63) is 29.4 Å². The summed E-state index contributed by atoms with van der Waals surface area (Å²) in [6, 6.07) is 7.72. The van der Waals surface area contributed by atoms with Gasteiger partial charge in [0.15, 0.2) is 5.72 Å². The first-order valence-electron chi connectivity index (χ1n) is 10.1. The summed E-state index contributed by atoms with van der Waals surface area (Å²) < 4.78 is 0.983. The van der Waals surface area contributed by atoms with Gasteiger partial charge in [0.05, 0.1) is 15.8 Å². The van der Waals surface area contributed by atoms with Gasteiger partial charge in [-0.3, -0.25) is 0 Å². The maximum Gasteiger partial charge on any atom is 0.226 e. The lowest BCUT2D eigenvalue weighted by atomic mass is 10.0. The molecule has 0 saturated heterocycles. The van der Waals surface area contributed by atoms with E-state index >= 15 is 0 Å². The first-order valence-corrected chi connectivity index (χ1v) is 11.3. The van der Waals surface area contributed by atoms with Gasteiger partial charge in [0, 0.05) is 18.1 Å². The zero-order valence-corrected chi connectivity index (χ0v) is 19.1. The predicted molar refractivity (Wildman–Crippen MR) is 123 cm³/mol. The van der Waals surface area contributed by atoms with Gasteiger partial charge in [-0.05, 0) is 45.7 Å². The Bertz CT molecular complexity index is 1070. The van der Waals surface area contributed by atoms with Crippen LogP contribution in [0.1, 0.15) is 33.6 Å². The average molecular weight is 464 g/mol. The Morgan fingerprint density at radius 1 is 1.23 bits per heavy atom. The summed E-state index contributed by atoms with van der Waals surface area (Å²) in [5, 5.41) is 38.2. The van der Waals surface area contributed by atoms with E-state index in [0.29, 0.717) is 22.9 Å². The third-order valence-electron chi connectivity index (χ3n) is 5.26. The summed E-state index contributed by atoms with van der Waals surface area (Å²) in [5.41, 5.74) is -0.698. The molecule has 4 rings (SSSR count). The standard InChI is InChI=1S/C21H26ClN5O3S/c1-20(2,3)27-19-24-16(22)14(18-23-12-6-4-5-7-13(12)31-18)17(25-19)26-21(30)9-8-11(10-28)15(21)29/h4-7,11,15,28-30H,8-10H2,1-3H3,(H2,24,25,26,27). The Balaban J connectivity index is 1.82. The van der Waals surface area contributed by atoms with Gasteiger partial charge in [0.1, 0.15) is 22.1 Å². The van der Waals surface area contributed by atoms with Crippen molar-refractivity contribution < 1.29 is 15.3 Å². The third kappa shape index (κ3) is 4.47. The Morgan fingerprint density at radius 2 is 1.97 bits per heavy atom. The number of nitrogens with one attached hydrogen (secondary N) is 2. The molecule has 8 nitrogen and oxygen atoms in total. The van der Waals surface area contributed by atoms with Crippen LogP contribution in [-0.2, 0) is 0 Å². The van der Waals surface area contributed by atoms with E-state index in [9.17, 15) is 15.3 Å². The second kappa shape index (κ2) is 8.14. The van der Waals surface area contributed by atoms with Crippen LogP contribution in [0.25, 0.3) is 20.8 Å². The first-order chi connectivity index (χ1) is 14.6. The molecule has 3 aromatic rings. The number of nitrogens with zero attached hydrogens (tertiary/aromatic N) is 3. The number of rotatable bonds is 5. The molecule has 10 heteroatoms. The fourth-order valence-corrected chi connectivity index (χ4v) is 5.05. The van der Waals surface area contributed by atoms with Crippen LogP contribution in [0.2, 0.25) is 5.15 Å². The minimum absolute atomic E-state index is 0.179. The number of halogens is 1. The van der Waals surface area contributed by atoms with Crippen LogP contribution in [0, 0.1) is 5.92 Å². The van der Waals surface area contributed by atoms with Gasteiger partial charge in [-0.25, -0.2) is 9.97 Å². The molecule has 2 aromatic heterocycles. The first kappa shape index (κ1) is 22.2. The van der Waals surface area contributed by atoms with E-state index < -0.39 is 17.7 Å². The Hall–Kier alpha value is -2.04. The summed E-state index contributed by atoms with van der Waals surface area (Å²) in [5.74, 6) is 0.137. The Morgan fingerprint density at radius 3 is 2.61 bits per heavy atom. The summed E-state index contributed by atoms with van der Waals surface area (Å²) in [4.78, 5) is 13.6. The van der Waals surface area contributed by atoms with E-state index in [0.717, 1.165) is 10.2 Å². The van der Waals surface area contributed by atoms with Crippen molar-refractivity contribution in [3.8, 4) is 10.6 Å². The fourth-order valence-electron chi connectivity index (χ4n) is 3.72. The number of hydrogen-bond donors (Lipinski definition) is 5. The van der Waals surface area contributed by atoms with E-state index in [-0.39, 0.29) is 29.5 Å². The van der Waals surface area contributed by atoms with E-state index in [1.165, 1.54) is 11.3 Å². The van der Waals surface area contributed by atoms with E-state index in [4.69, 9.17) is 11.6 Å². The van der Waals surface area contributed by atoms with Crippen molar-refractivity contribution in [2.45, 2.75) is 51.0 Å². The van der Waals surface area contributed by atoms with Gasteiger partial charge in [-0.2, -0.15) is 4.98 Å². The molecule has 1 saturated carbocycles. The molecule has 0 amide bonds. The molecule has 1 aliphatic rings. The van der Waals surface area contributed by atoms with E-state index in [2.05, 4.69) is 25.6 Å². The van der Waals surface area contributed by atoms with Crippen LogP contribution in [0.5, 0.6) is 0 Å². The van der Waals surface area contributed by atoms with Gasteiger partial charge < -0.3 is 26.0 Å². The molecule has 3 atom stereocenters.